The van der Waals surface area contributed by atoms with Gasteiger partial charge in [0.1, 0.15) is 5.82 Å². The molecule has 0 amide bonds. The van der Waals surface area contributed by atoms with Crippen molar-refractivity contribution in [2.45, 2.75) is 32.6 Å². The van der Waals surface area contributed by atoms with E-state index in [4.69, 9.17) is 0 Å². The minimum atomic E-state index is -0.390. The zero-order chi connectivity index (χ0) is 14.5. The molecule has 1 fully saturated rings. The van der Waals surface area contributed by atoms with E-state index in [0.717, 1.165) is 6.54 Å². The number of nitrogens with one attached hydrogen (secondary N) is 2. The lowest BCUT2D eigenvalue weighted by molar-refractivity contribution is -0.384. The minimum Gasteiger partial charge on any atom is -0.373 e. The lowest BCUT2D eigenvalue weighted by Gasteiger charge is -2.28. The molecule has 6 nitrogen and oxygen atoms in total. The van der Waals surface area contributed by atoms with Crippen LogP contribution in [0.25, 0.3) is 0 Å². The van der Waals surface area contributed by atoms with Crippen LogP contribution in [0.15, 0.2) is 12.1 Å². The van der Waals surface area contributed by atoms with E-state index < -0.39 is 0 Å². The number of aromatic nitrogens is 1. The highest BCUT2D eigenvalue weighted by molar-refractivity contribution is 5.60. The summed E-state index contributed by atoms with van der Waals surface area (Å²) in [7, 11) is 1.75. The Morgan fingerprint density at radius 1 is 1.40 bits per heavy atom. The summed E-state index contributed by atoms with van der Waals surface area (Å²) in [5.74, 6) is 2.24. The summed E-state index contributed by atoms with van der Waals surface area (Å²) in [6, 6.07) is 3.11. The van der Waals surface area contributed by atoms with Crippen LogP contribution in [0.2, 0.25) is 0 Å². The van der Waals surface area contributed by atoms with Gasteiger partial charge in [0.15, 0.2) is 0 Å². The van der Waals surface area contributed by atoms with Crippen molar-refractivity contribution in [2.24, 2.45) is 11.8 Å². The molecule has 0 bridgehead atoms. The quantitative estimate of drug-likeness (QED) is 0.638. The highest BCUT2D eigenvalue weighted by Gasteiger charge is 2.23. The maximum Gasteiger partial charge on any atom is 0.311 e. The molecule has 1 aromatic rings. The molecule has 110 valence electrons. The fourth-order valence-electron chi connectivity index (χ4n) is 2.79. The maximum atomic E-state index is 11.0. The third kappa shape index (κ3) is 3.37. The summed E-state index contributed by atoms with van der Waals surface area (Å²) < 4.78 is 0. The van der Waals surface area contributed by atoms with Gasteiger partial charge in [-0.15, -0.1) is 0 Å². The average Bonchev–Trinajstić information content (AvgIpc) is 2.46. The van der Waals surface area contributed by atoms with Gasteiger partial charge in [-0.05, 0) is 24.3 Å². The van der Waals surface area contributed by atoms with Crippen molar-refractivity contribution in [1.82, 2.24) is 4.98 Å². The minimum absolute atomic E-state index is 0.0347. The predicted octanol–water partition coefficient (Wildman–Crippen LogP) is 3.27. The summed E-state index contributed by atoms with van der Waals surface area (Å²) in [6.07, 6.45) is 4.99. The Labute approximate surface area is 119 Å². The van der Waals surface area contributed by atoms with Gasteiger partial charge in [-0.1, -0.05) is 26.2 Å². The first-order chi connectivity index (χ1) is 9.61. The summed E-state index contributed by atoms with van der Waals surface area (Å²) in [5, 5.41) is 17.1. The monoisotopic (exact) mass is 278 g/mol. The van der Waals surface area contributed by atoms with Crippen molar-refractivity contribution in [3.05, 3.63) is 22.2 Å². The van der Waals surface area contributed by atoms with Crippen LogP contribution in [0, 0.1) is 22.0 Å². The van der Waals surface area contributed by atoms with Gasteiger partial charge >= 0.3 is 5.69 Å². The van der Waals surface area contributed by atoms with Crippen molar-refractivity contribution in [2.75, 3.05) is 24.2 Å². The molecule has 1 heterocycles. The first-order valence-electron chi connectivity index (χ1n) is 7.19. The lowest BCUT2D eigenvalue weighted by atomic mass is 9.80. The first-order valence-corrected chi connectivity index (χ1v) is 7.19. The molecule has 0 spiro atoms. The maximum absolute atomic E-state index is 11.0. The van der Waals surface area contributed by atoms with E-state index in [1.807, 2.05) is 0 Å². The molecule has 0 aliphatic heterocycles. The number of nitro groups is 1. The number of hydrogen-bond acceptors (Lipinski definition) is 5. The molecule has 2 unspecified atom stereocenters. The molecule has 20 heavy (non-hydrogen) atoms. The smallest absolute Gasteiger partial charge is 0.311 e. The zero-order valence-electron chi connectivity index (χ0n) is 12.1. The molecule has 2 rings (SSSR count). The first kappa shape index (κ1) is 14.6. The predicted molar refractivity (Wildman–Crippen MR) is 80.0 cm³/mol. The van der Waals surface area contributed by atoms with Gasteiger partial charge in [0, 0.05) is 19.7 Å². The summed E-state index contributed by atoms with van der Waals surface area (Å²) in [5.41, 5.74) is 0.0347. The van der Waals surface area contributed by atoms with Gasteiger partial charge < -0.3 is 10.6 Å². The summed E-state index contributed by atoms with van der Waals surface area (Å²) in [6.45, 7) is 3.01. The Bertz CT molecular complexity index is 478. The van der Waals surface area contributed by atoms with E-state index in [-0.39, 0.29) is 10.6 Å². The number of anilines is 2. The molecular weight excluding hydrogens is 256 g/mol. The normalized spacial score (nSPS) is 22.3. The van der Waals surface area contributed by atoms with Crippen LogP contribution in [-0.2, 0) is 0 Å². The number of pyridine rings is 1. The van der Waals surface area contributed by atoms with Crippen molar-refractivity contribution in [1.29, 1.82) is 0 Å². The van der Waals surface area contributed by atoms with Crippen LogP contribution in [0.4, 0.5) is 17.3 Å². The molecule has 0 aromatic carbocycles. The van der Waals surface area contributed by atoms with Crippen LogP contribution in [0.1, 0.15) is 32.6 Å². The van der Waals surface area contributed by atoms with E-state index in [0.29, 0.717) is 23.5 Å². The molecule has 2 atom stereocenters. The molecule has 6 heteroatoms. The van der Waals surface area contributed by atoms with E-state index >= 15 is 0 Å². The van der Waals surface area contributed by atoms with Crippen molar-refractivity contribution in [3.63, 3.8) is 0 Å². The van der Waals surface area contributed by atoms with Crippen molar-refractivity contribution >= 4 is 17.3 Å². The highest BCUT2D eigenvalue weighted by atomic mass is 16.6. The van der Waals surface area contributed by atoms with Crippen LogP contribution in [-0.4, -0.2) is 23.5 Å². The highest BCUT2D eigenvalue weighted by Crippen LogP contribution is 2.31. The van der Waals surface area contributed by atoms with Gasteiger partial charge in [-0.3, -0.25) is 10.1 Å². The van der Waals surface area contributed by atoms with E-state index in [1.54, 1.807) is 13.1 Å². The third-order valence-corrected chi connectivity index (χ3v) is 4.15. The molecular formula is C14H22N4O2. The molecule has 0 radical (unpaired) electrons. The molecule has 1 aromatic heterocycles. The Kier molecular flexibility index (Phi) is 4.76. The van der Waals surface area contributed by atoms with Crippen LogP contribution >= 0.6 is 0 Å². The summed E-state index contributed by atoms with van der Waals surface area (Å²) >= 11 is 0. The fraction of sp³-hybridized carbons (Fsp3) is 0.643. The second-order valence-corrected chi connectivity index (χ2v) is 5.47. The summed E-state index contributed by atoms with van der Waals surface area (Å²) in [4.78, 5) is 14.9. The third-order valence-electron chi connectivity index (χ3n) is 4.15. The van der Waals surface area contributed by atoms with Crippen LogP contribution < -0.4 is 10.6 Å². The molecule has 1 aliphatic rings. The van der Waals surface area contributed by atoms with Gasteiger partial charge in [0.25, 0.3) is 0 Å². The Balaban J connectivity index is 2.08. The number of hydrogen-bond donors (Lipinski definition) is 2. The molecule has 1 saturated carbocycles. The second-order valence-electron chi connectivity index (χ2n) is 5.47. The van der Waals surface area contributed by atoms with E-state index in [2.05, 4.69) is 22.5 Å². The zero-order valence-corrected chi connectivity index (χ0v) is 12.1. The van der Waals surface area contributed by atoms with Gasteiger partial charge in [0.2, 0.25) is 5.82 Å². The molecule has 1 aliphatic carbocycles. The SMILES string of the molecule is CNc1ccc([N+](=O)[O-])c(NCC2CCCCC2C)n1. The topological polar surface area (TPSA) is 80.1 Å². The van der Waals surface area contributed by atoms with Crippen molar-refractivity contribution in [3.8, 4) is 0 Å². The van der Waals surface area contributed by atoms with E-state index in [1.165, 1.54) is 31.7 Å². The van der Waals surface area contributed by atoms with Crippen LogP contribution in [0.5, 0.6) is 0 Å². The van der Waals surface area contributed by atoms with Gasteiger partial charge in [-0.2, -0.15) is 0 Å². The molecule has 0 saturated heterocycles. The fourth-order valence-corrected chi connectivity index (χ4v) is 2.79. The number of nitrogens with zero attached hydrogens (tertiary/aromatic N) is 2. The average molecular weight is 278 g/mol. The number of rotatable bonds is 5. The van der Waals surface area contributed by atoms with E-state index in [9.17, 15) is 10.1 Å². The molecule has 2 N–H and O–H groups in total. The second kappa shape index (κ2) is 6.54. The standard InChI is InChI=1S/C14H22N4O2/c1-10-5-3-4-6-11(10)9-16-14-12(18(19)20)7-8-13(15-2)17-14/h7-8,10-11H,3-6,9H2,1-2H3,(H2,15,16,17). The van der Waals surface area contributed by atoms with Crippen molar-refractivity contribution < 1.29 is 4.92 Å². The Morgan fingerprint density at radius 2 is 2.15 bits per heavy atom. The largest absolute Gasteiger partial charge is 0.373 e. The Morgan fingerprint density at radius 3 is 2.80 bits per heavy atom. The Hall–Kier alpha value is -1.85. The van der Waals surface area contributed by atoms with Gasteiger partial charge in [-0.25, -0.2) is 4.98 Å². The lowest BCUT2D eigenvalue weighted by Crippen LogP contribution is -2.25. The van der Waals surface area contributed by atoms with Crippen LogP contribution in [0.3, 0.4) is 0 Å². The van der Waals surface area contributed by atoms with Gasteiger partial charge in [0.05, 0.1) is 4.92 Å².